The average Bonchev–Trinajstić information content (AvgIpc) is 3.62. The van der Waals surface area contributed by atoms with Crippen LogP contribution in [-0.4, -0.2) is 48.5 Å². The molecule has 1 aromatic carbocycles. The van der Waals surface area contributed by atoms with E-state index in [0.29, 0.717) is 24.5 Å². The molecule has 3 N–H and O–H groups in total. The highest BCUT2D eigenvalue weighted by Crippen LogP contribution is 2.42. The summed E-state index contributed by atoms with van der Waals surface area (Å²) >= 11 is 0. The molecule has 0 bridgehead atoms. The summed E-state index contributed by atoms with van der Waals surface area (Å²) in [5.74, 6) is -0.622. The monoisotopic (exact) mass is 439 g/mol. The summed E-state index contributed by atoms with van der Waals surface area (Å²) in [6, 6.07) is 4.97. The number of carbonyl (C=O) groups is 1. The predicted molar refractivity (Wildman–Crippen MR) is 118 cm³/mol. The maximum Gasteiger partial charge on any atom is 0.254 e. The number of ether oxygens (including phenoxy) is 1. The number of para-hydroxylation sites is 1. The maximum atomic E-state index is 14.9. The van der Waals surface area contributed by atoms with Gasteiger partial charge in [0.25, 0.3) is 5.91 Å². The van der Waals surface area contributed by atoms with E-state index in [1.807, 2.05) is 12.2 Å². The molecule has 0 saturated heterocycles. The molecule has 2 aliphatic carbocycles. The zero-order chi connectivity index (χ0) is 22.2. The fourth-order valence-corrected chi connectivity index (χ4v) is 3.98. The van der Waals surface area contributed by atoms with Gasteiger partial charge in [-0.25, -0.2) is 9.82 Å². The molecule has 10 heteroatoms. The van der Waals surface area contributed by atoms with Gasteiger partial charge in [0.05, 0.1) is 5.69 Å². The third kappa shape index (κ3) is 3.45. The molecule has 1 amide bonds. The lowest BCUT2D eigenvalue weighted by molar-refractivity contribution is -0.123. The quantitative estimate of drug-likeness (QED) is 0.426. The Balaban J connectivity index is 1.45. The van der Waals surface area contributed by atoms with E-state index in [2.05, 4.69) is 26.4 Å². The van der Waals surface area contributed by atoms with Gasteiger partial charge in [0.1, 0.15) is 11.5 Å². The number of hydrogen-bond donors (Lipinski definition) is 3. The van der Waals surface area contributed by atoms with Crippen molar-refractivity contribution in [3.05, 3.63) is 60.7 Å². The normalized spacial score (nSPS) is 27.3. The second-order valence-electron chi connectivity index (χ2n) is 8.24. The standard InChI is InChI=1S/C22H26FN7O2/c1-32-15-3-12-25-30-22(27-28-30)10-8-21(9-11-22,20(31)26-16-6-7-16)29-14-13-24-18-5-2-4-17(23)19(18)29/h2,4-5,8-11,13-14,16,24-25H,3,6-7,12,15H2,1H3,(H,26,31). The number of fused-ring (bicyclic) bond motifs is 1. The van der Waals surface area contributed by atoms with E-state index in [1.165, 1.54) is 6.07 Å². The van der Waals surface area contributed by atoms with Gasteiger partial charge in [-0.3, -0.25) is 4.79 Å². The van der Waals surface area contributed by atoms with E-state index in [0.717, 1.165) is 19.3 Å². The second kappa shape index (κ2) is 8.03. The van der Waals surface area contributed by atoms with Gasteiger partial charge in [-0.05, 0) is 55.7 Å². The first-order valence-electron chi connectivity index (χ1n) is 10.8. The van der Waals surface area contributed by atoms with Crippen molar-refractivity contribution < 1.29 is 13.9 Å². The van der Waals surface area contributed by atoms with E-state index in [1.54, 1.807) is 53.8 Å². The molecule has 1 fully saturated rings. The number of anilines is 2. The highest BCUT2D eigenvalue weighted by atomic mass is 19.1. The van der Waals surface area contributed by atoms with Gasteiger partial charge in [0, 0.05) is 38.7 Å². The van der Waals surface area contributed by atoms with Crippen molar-refractivity contribution in [3.63, 3.8) is 0 Å². The van der Waals surface area contributed by atoms with Gasteiger partial charge in [-0.2, -0.15) is 5.12 Å². The van der Waals surface area contributed by atoms with Crippen molar-refractivity contribution in [1.82, 2.24) is 15.9 Å². The number of hydrazine groups is 1. The molecule has 0 unspecified atom stereocenters. The molecule has 1 aromatic rings. The van der Waals surface area contributed by atoms with Crippen molar-refractivity contribution >= 4 is 17.3 Å². The summed E-state index contributed by atoms with van der Waals surface area (Å²) in [7, 11) is 1.66. The summed E-state index contributed by atoms with van der Waals surface area (Å²) in [5, 5.41) is 16.1. The first-order valence-corrected chi connectivity index (χ1v) is 10.8. The largest absolute Gasteiger partial charge is 0.385 e. The van der Waals surface area contributed by atoms with Crippen LogP contribution in [0.25, 0.3) is 0 Å². The predicted octanol–water partition coefficient (Wildman–Crippen LogP) is 2.59. The molecule has 4 aliphatic rings. The average molecular weight is 439 g/mol. The molecule has 1 saturated carbocycles. The summed E-state index contributed by atoms with van der Waals surface area (Å²) in [6.07, 6.45) is 13.3. The van der Waals surface area contributed by atoms with E-state index in [-0.39, 0.29) is 11.9 Å². The van der Waals surface area contributed by atoms with E-state index < -0.39 is 17.0 Å². The van der Waals surface area contributed by atoms with Crippen molar-refractivity contribution in [1.29, 1.82) is 0 Å². The number of hydrogen-bond acceptors (Lipinski definition) is 8. The molecule has 0 atom stereocenters. The van der Waals surface area contributed by atoms with Crippen LogP contribution in [-0.2, 0) is 9.53 Å². The minimum Gasteiger partial charge on any atom is -0.385 e. The lowest BCUT2D eigenvalue weighted by Gasteiger charge is -2.46. The molecule has 0 aromatic heterocycles. The van der Waals surface area contributed by atoms with Crippen LogP contribution in [0.3, 0.4) is 0 Å². The van der Waals surface area contributed by atoms with Crippen LogP contribution in [0.15, 0.2) is 65.2 Å². The van der Waals surface area contributed by atoms with Gasteiger partial charge < -0.3 is 20.3 Å². The summed E-state index contributed by atoms with van der Waals surface area (Å²) < 4.78 is 20.0. The summed E-state index contributed by atoms with van der Waals surface area (Å²) in [4.78, 5) is 15.2. The number of nitrogens with one attached hydrogen (secondary N) is 3. The topological polar surface area (TPSA) is 93.6 Å². The van der Waals surface area contributed by atoms with Gasteiger partial charge in [0.2, 0.25) is 5.66 Å². The Morgan fingerprint density at radius 1 is 1.31 bits per heavy atom. The Bertz CT molecular complexity index is 1000. The Kier molecular flexibility index (Phi) is 5.18. The lowest BCUT2D eigenvalue weighted by Crippen LogP contribution is -2.61. The molecule has 32 heavy (non-hydrogen) atoms. The van der Waals surface area contributed by atoms with Crippen LogP contribution < -0.4 is 21.0 Å². The van der Waals surface area contributed by atoms with Crippen LogP contribution in [0.5, 0.6) is 0 Å². The Labute approximate surface area is 185 Å². The lowest BCUT2D eigenvalue weighted by atomic mass is 9.86. The number of nitrogens with zero attached hydrogens (tertiary/aromatic N) is 4. The summed E-state index contributed by atoms with van der Waals surface area (Å²) in [6.45, 7) is 1.31. The first-order chi connectivity index (χ1) is 15.6. The van der Waals surface area contributed by atoms with E-state index in [9.17, 15) is 9.18 Å². The molecule has 2 aliphatic heterocycles. The molecular formula is C22H26FN7O2. The van der Waals surface area contributed by atoms with Gasteiger partial charge >= 0.3 is 0 Å². The fourth-order valence-electron chi connectivity index (χ4n) is 3.98. The van der Waals surface area contributed by atoms with Crippen LogP contribution in [0.2, 0.25) is 0 Å². The van der Waals surface area contributed by atoms with Crippen LogP contribution in [0.4, 0.5) is 15.8 Å². The van der Waals surface area contributed by atoms with E-state index >= 15 is 0 Å². The van der Waals surface area contributed by atoms with Crippen LogP contribution in [0.1, 0.15) is 19.3 Å². The second-order valence-corrected chi connectivity index (χ2v) is 8.24. The van der Waals surface area contributed by atoms with Crippen LogP contribution in [0, 0.1) is 5.82 Å². The van der Waals surface area contributed by atoms with Gasteiger partial charge in [-0.15, -0.1) is 5.11 Å². The van der Waals surface area contributed by atoms with Crippen molar-refractivity contribution in [2.24, 2.45) is 10.3 Å². The van der Waals surface area contributed by atoms with Crippen molar-refractivity contribution in [2.45, 2.75) is 36.5 Å². The van der Waals surface area contributed by atoms with Crippen molar-refractivity contribution in [3.8, 4) is 0 Å². The molecule has 9 nitrogen and oxygen atoms in total. The summed E-state index contributed by atoms with van der Waals surface area (Å²) in [5.41, 5.74) is 2.07. The van der Waals surface area contributed by atoms with Gasteiger partial charge in [0.15, 0.2) is 5.54 Å². The zero-order valence-electron chi connectivity index (χ0n) is 17.8. The highest BCUT2D eigenvalue weighted by molar-refractivity contribution is 5.98. The molecular weight excluding hydrogens is 413 g/mol. The van der Waals surface area contributed by atoms with Crippen molar-refractivity contribution in [2.75, 3.05) is 30.5 Å². The molecule has 0 radical (unpaired) electrons. The molecule has 5 rings (SSSR count). The fraction of sp³-hybridized carbons (Fsp3) is 0.409. The number of methoxy groups -OCH3 is 1. The Morgan fingerprint density at radius 3 is 2.81 bits per heavy atom. The third-order valence-electron chi connectivity index (χ3n) is 5.95. The number of rotatable bonds is 8. The van der Waals surface area contributed by atoms with E-state index in [4.69, 9.17) is 4.74 Å². The minimum absolute atomic E-state index is 0.159. The number of carbonyl (C=O) groups excluding carboxylic acids is 1. The number of amides is 1. The zero-order valence-corrected chi connectivity index (χ0v) is 17.8. The Hall–Kier alpha value is -3.24. The van der Waals surface area contributed by atoms with Crippen LogP contribution >= 0.6 is 0 Å². The van der Waals surface area contributed by atoms with Gasteiger partial charge in [-0.1, -0.05) is 11.3 Å². The number of benzene rings is 1. The number of halogens is 1. The molecule has 168 valence electrons. The maximum absolute atomic E-state index is 14.9. The minimum atomic E-state index is -1.24. The Morgan fingerprint density at radius 2 is 2.12 bits per heavy atom. The smallest absolute Gasteiger partial charge is 0.254 e. The SMILES string of the molecule is COCCCNN1N=NC12C=CC(C(=O)NC1CC1)(N1C=CNc3cccc(F)c31)C=C2. The highest BCUT2D eigenvalue weighted by Gasteiger charge is 2.50. The first kappa shape index (κ1) is 20.7. The molecule has 1 spiro atoms. The third-order valence-corrected chi connectivity index (χ3v) is 5.95. The molecule has 2 heterocycles.